The van der Waals surface area contributed by atoms with Crippen LogP contribution in [0.4, 0.5) is 0 Å². The van der Waals surface area contributed by atoms with Crippen molar-refractivity contribution in [3.8, 4) is 0 Å². The molecule has 0 aliphatic carbocycles. The first-order valence-corrected chi connectivity index (χ1v) is 6.79. The van der Waals surface area contributed by atoms with Crippen molar-refractivity contribution in [2.24, 2.45) is 11.8 Å². The Morgan fingerprint density at radius 3 is 1.35 bits per heavy atom. The molecule has 0 bridgehead atoms. The van der Waals surface area contributed by atoms with Crippen LogP contribution in [0.2, 0.25) is 0 Å². The molecule has 0 saturated carbocycles. The van der Waals surface area contributed by atoms with Gasteiger partial charge in [-0.3, -0.25) is 9.59 Å². The molecule has 0 N–H and O–H groups in total. The summed E-state index contributed by atoms with van der Waals surface area (Å²) in [6.07, 6.45) is 0. The molecule has 0 spiro atoms. The molecule has 2 heteroatoms. The highest BCUT2D eigenvalue weighted by Gasteiger charge is 2.30. The van der Waals surface area contributed by atoms with Gasteiger partial charge in [0, 0.05) is 11.1 Å². The molecule has 2 aromatic rings. The number of hydrogen-bond acceptors (Lipinski definition) is 2. The van der Waals surface area contributed by atoms with Gasteiger partial charge in [0.15, 0.2) is 11.6 Å². The lowest BCUT2D eigenvalue weighted by molar-refractivity contribution is 0.0767. The Morgan fingerprint density at radius 2 is 1.05 bits per heavy atom. The highest BCUT2D eigenvalue weighted by atomic mass is 16.2. The highest BCUT2D eigenvalue weighted by Crippen LogP contribution is 2.22. The number of carbonyl (C=O) groups excluding carboxylic acids is 2. The molecule has 0 unspecified atom stereocenters. The van der Waals surface area contributed by atoms with Crippen molar-refractivity contribution >= 4 is 11.6 Å². The molecule has 0 atom stereocenters. The van der Waals surface area contributed by atoms with E-state index in [1.54, 1.807) is 24.3 Å². The fraction of sp³-hybridized carbons (Fsp3) is 0.222. The Bertz CT molecular complexity index is 534. The zero-order valence-electron chi connectivity index (χ0n) is 11.7. The third-order valence-electron chi connectivity index (χ3n) is 3.35. The van der Waals surface area contributed by atoms with Crippen molar-refractivity contribution < 1.29 is 9.59 Å². The lowest BCUT2D eigenvalue weighted by Crippen LogP contribution is -2.29. The number of Topliss-reactive ketones (excluding diaryl/α,β-unsaturated/α-hetero) is 2. The summed E-state index contributed by atoms with van der Waals surface area (Å²) >= 11 is 0. The summed E-state index contributed by atoms with van der Waals surface area (Å²) in [6.45, 7) is 3.82. The van der Waals surface area contributed by atoms with Gasteiger partial charge in [-0.05, 0) is 5.92 Å². The van der Waals surface area contributed by atoms with E-state index >= 15 is 0 Å². The Balaban J connectivity index is 2.33. The third kappa shape index (κ3) is 3.02. The minimum absolute atomic E-state index is 0.0320. The number of rotatable bonds is 5. The van der Waals surface area contributed by atoms with E-state index < -0.39 is 5.92 Å². The summed E-state index contributed by atoms with van der Waals surface area (Å²) in [5.74, 6) is -0.862. The zero-order chi connectivity index (χ0) is 14.5. The maximum absolute atomic E-state index is 12.6. The van der Waals surface area contributed by atoms with Crippen LogP contribution in [0.15, 0.2) is 60.7 Å². The van der Waals surface area contributed by atoms with E-state index in [1.807, 2.05) is 50.2 Å². The van der Waals surface area contributed by atoms with Crippen LogP contribution >= 0.6 is 0 Å². The molecule has 0 heterocycles. The van der Waals surface area contributed by atoms with Crippen LogP contribution < -0.4 is 0 Å². The van der Waals surface area contributed by atoms with Crippen LogP contribution in [0.1, 0.15) is 34.6 Å². The van der Waals surface area contributed by atoms with E-state index in [4.69, 9.17) is 0 Å². The largest absolute Gasteiger partial charge is 0.293 e. The second kappa shape index (κ2) is 6.29. The van der Waals surface area contributed by atoms with Gasteiger partial charge < -0.3 is 0 Å². The van der Waals surface area contributed by atoms with Gasteiger partial charge in [0.2, 0.25) is 0 Å². The van der Waals surface area contributed by atoms with Gasteiger partial charge in [0.1, 0.15) is 0 Å². The molecule has 0 saturated heterocycles. The fourth-order valence-corrected chi connectivity index (χ4v) is 2.29. The minimum atomic E-state index is -0.625. The summed E-state index contributed by atoms with van der Waals surface area (Å²) in [4.78, 5) is 25.2. The molecule has 0 amide bonds. The topological polar surface area (TPSA) is 34.1 Å². The number of hydrogen-bond donors (Lipinski definition) is 0. The Kier molecular flexibility index (Phi) is 4.46. The van der Waals surface area contributed by atoms with Gasteiger partial charge in [0.25, 0.3) is 0 Å². The maximum atomic E-state index is 12.6. The van der Waals surface area contributed by atoms with Crippen LogP contribution in [-0.4, -0.2) is 11.6 Å². The molecule has 0 radical (unpaired) electrons. The molecular weight excluding hydrogens is 248 g/mol. The molecule has 102 valence electrons. The summed E-state index contributed by atoms with van der Waals surface area (Å²) in [5, 5.41) is 0. The summed E-state index contributed by atoms with van der Waals surface area (Å²) < 4.78 is 0. The van der Waals surface area contributed by atoms with Gasteiger partial charge in [-0.15, -0.1) is 0 Å². The van der Waals surface area contributed by atoms with E-state index in [9.17, 15) is 9.59 Å². The second-order valence-electron chi connectivity index (χ2n) is 5.18. The molecule has 0 aliphatic rings. The monoisotopic (exact) mass is 266 g/mol. The molecule has 20 heavy (non-hydrogen) atoms. The molecule has 2 nitrogen and oxygen atoms in total. The lowest BCUT2D eigenvalue weighted by Gasteiger charge is -2.18. The van der Waals surface area contributed by atoms with Crippen LogP contribution in [0, 0.1) is 11.8 Å². The highest BCUT2D eigenvalue weighted by molar-refractivity contribution is 6.16. The van der Waals surface area contributed by atoms with Crippen LogP contribution in [-0.2, 0) is 0 Å². The number of benzene rings is 2. The smallest absolute Gasteiger partial charge is 0.173 e. The maximum Gasteiger partial charge on any atom is 0.173 e. The van der Waals surface area contributed by atoms with Gasteiger partial charge in [-0.25, -0.2) is 0 Å². The zero-order valence-corrected chi connectivity index (χ0v) is 11.7. The standard InChI is InChI=1S/C18H18O2/c1-13(2)16(17(19)14-9-5-3-6-10-14)18(20)15-11-7-4-8-12-15/h3-13,16H,1-2H3. The lowest BCUT2D eigenvalue weighted by atomic mass is 9.82. The van der Waals surface area contributed by atoms with Crippen molar-refractivity contribution in [2.75, 3.05) is 0 Å². The molecule has 0 fully saturated rings. The normalized spacial score (nSPS) is 10.8. The predicted octanol–water partition coefficient (Wildman–Crippen LogP) is 4.02. The van der Waals surface area contributed by atoms with Crippen LogP contribution in [0.3, 0.4) is 0 Å². The molecule has 0 aromatic heterocycles. The Morgan fingerprint density at radius 1 is 0.700 bits per heavy atom. The molecule has 0 aliphatic heterocycles. The second-order valence-corrected chi connectivity index (χ2v) is 5.18. The first-order valence-electron chi connectivity index (χ1n) is 6.79. The van der Waals surface area contributed by atoms with Crippen molar-refractivity contribution in [2.45, 2.75) is 13.8 Å². The van der Waals surface area contributed by atoms with E-state index in [1.165, 1.54) is 0 Å². The quantitative estimate of drug-likeness (QED) is 0.605. The predicted molar refractivity (Wildman–Crippen MR) is 79.9 cm³/mol. The number of ketones is 2. The van der Waals surface area contributed by atoms with Crippen LogP contribution in [0.5, 0.6) is 0 Å². The fourth-order valence-electron chi connectivity index (χ4n) is 2.29. The average molecular weight is 266 g/mol. The van der Waals surface area contributed by atoms with Gasteiger partial charge in [0.05, 0.1) is 5.92 Å². The van der Waals surface area contributed by atoms with E-state index in [0.29, 0.717) is 11.1 Å². The Labute approximate surface area is 119 Å². The van der Waals surface area contributed by atoms with E-state index in [0.717, 1.165) is 0 Å². The SMILES string of the molecule is CC(C)C(C(=O)c1ccccc1)C(=O)c1ccccc1. The van der Waals surface area contributed by atoms with Crippen molar-refractivity contribution in [3.05, 3.63) is 71.8 Å². The average Bonchev–Trinajstić information content (AvgIpc) is 2.48. The Hall–Kier alpha value is -2.22. The minimum Gasteiger partial charge on any atom is -0.293 e. The van der Waals surface area contributed by atoms with Gasteiger partial charge in [-0.1, -0.05) is 74.5 Å². The molecule has 2 aromatic carbocycles. The van der Waals surface area contributed by atoms with Gasteiger partial charge in [-0.2, -0.15) is 0 Å². The van der Waals surface area contributed by atoms with Crippen LogP contribution in [0.25, 0.3) is 0 Å². The van der Waals surface area contributed by atoms with Crippen molar-refractivity contribution in [1.82, 2.24) is 0 Å². The number of carbonyl (C=O) groups is 2. The summed E-state index contributed by atoms with van der Waals surface area (Å²) in [6, 6.07) is 18.0. The molecular formula is C18H18O2. The van der Waals surface area contributed by atoms with Crippen molar-refractivity contribution in [3.63, 3.8) is 0 Å². The first-order chi connectivity index (χ1) is 9.61. The van der Waals surface area contributed by atoms with E-state index in [-0.39, 0.29) is 17.5 Å². The van der Waals surface area contributed by atoms with Gasteiger partial charge >= 0.3 is 0 Å². The van der Waals surface area contributed by atoms with E-state index in [2.05, 4.69) is 0 Å². The first kappa shape index (κ1) is 14.2. The van der Waals surface area contributed by atoms with Crippen molar-refractivity contribution in [1.29, 1.82) is 0 Å². The summed E-state index contributed by atoms with van der Waals surface area (Å²) in [7, 11) is 0. The third-order valence-corrected chi connectivity index (χ3v) is 3.35. The summed E-state index contributed by atoms with van der Waals surface area (Å²) in [5.41, 5.74) is 1.19. The molecule has 2 rings (SSSR count).